The first-order valence-corrected chi connectivity index (χ1v) is 6.13. The Morgan fingerprint density at radius 3 is 2.55 bits per heavy atom. The fraction of sp³-hybridized carbons (Fsp3) is 0.214. The molecule has 1 unspecified atom stereocenters. The second kappa shape index (κ2) is 5.56. The van der Waals surface area contributed by atoms with Crippen LogP contribution in [-0.4, -0.2) is 22.0 Å². The number of hydrogen-bond acceptors (Lipinski definition) is 4. The first-order valence-electron chi connectivity index (χ1n) is 6.13. The number of carboxylic acids is 1. The molecule has 104 valence electrons. The maximum absolute atomic E-state index is 11.0. The topological polar surface area (TPSA) is 92.5 Å². The summed E-state index contributed by atoms with van der Waals surface area (Å²) >= 11 is 0. The minimum Gasteiger partial charge on any atom is -0.481 e. The molecule has 2 aromatic rings. The highest BCUT2D eigenvalue weighted by molar-refractivity contribution is 5.99. The minimum absolute atomic E-state index is 0.0225. The Hall–Kier alpha value is -2.63. The molecule has 0 aromatic heterocycles. The number of hydrogen-bond donors (Lipinski definition) is 2. The third kappa shape index (κ3) is 2.85. The van der Waals surface area contributed by atoms with Gasteiger partial charge in [-0.3, -0.25) is 14.9 Å². The highest BCUT2D eigenvalue weighted by Crippen LogP contribution is 2.31. The lowest BCUT2D eigenvalue weighted by atomic mass is 10.1. The summed E-state index contributed by atoms with van der Waals surface area (Å²) in [5, 5.41) is 24.1. The van der Waals surface area contributed by atoms with Crippen molar-refractivity contribution in [3.05, 3.63) is 46.5 Å². The van der Waals surface area contributed by atoms with Gasteiger partial charge >= 0.3 is 5.97 Å². The Balaban J connectivity index is 2.43. The molecule has 6 nitrogen and oxygen atoms in total. The Morgan fingerprint density at radius 1 is 1.30 bits per heavy atom. The van der Waals surface area contributed by atoms with E-state index in [0.29, 0.717) is 16.5 Å². The van der Waals surface area contributed by atoms with E-state index in [1.54, 1.807) is 37.3 Å². The standard InChI is InChI=1S/C14H14N2O4/c1-9(8-14(17)18)15-12-6-7-13(16(19)20)11-5-3-2-4-10(11)12/h2-7,9,15H,8H2,1H3,(H,17,18). The van der Waals surface area contributed by atoms with E-state index in [-0.39, 0.29) is 18.2 Å². The lowest BCUT2D eigenvalue weighted by Crippen LogP contribution is -2.19. The van der Waals surface area contributed by atoms with Gasteiger partial charge in [-0.1, -0.05) is 18.2 Å². The second-order valence-corrected chi connectivity index (χ2v) is 4.58. The van der Waals surface area contributed by atoms with Crippen LogP contribution in [0.25, 0.3) is 10.8 Å². The minimum atomic E-state index is -0.892. The van der Waals surface area contributed by atoms with Gasteiger partial charge in [0, 0.05) is 23.2 Å². The number of carboxylic acid groups (broad SMARTS) is 1. The van der Waals surface area contributed by atoms with Gasteiger partial charge in [-0.05, 0) is 19.1 Å². The van der Waals surface area contributed by atoms with Crippen LogP contribution in [-0.2, 0) is 4.79 Å². The zero-order valence-electron chi connectivity index (χ0n) is 10.9. The highest BCUT2D eigenvalue weighted by atomic mass is 16.6. The second-order valence-electron chi connectivity index (χ2n) is 4.58. The molecule has 2 aromatic carbocycles. The molecule has 1 atom stereocenters. The number of anilines is 1. The molecule has 0 fully saturated rings. The van der Waals surface area contributed by atoms with Gasteiger partial charge < -0.3 is 10.4 Å². The van der Waals surface area contributed by atoms with E-state index in [1.165, 1.54) is 6.07 Å². The number of benzene rings is 2. The molecule has 2 N–H and O–H groups in total. The SMILES string of the molecule is CC(CC(=O)O)Nc1ccc([N+](=O)[O-])c2ccccc12. The van der Waals surface area contributed by atoms with Crippen molar-refractivity contribution in [2.24, 2.45) is 0 Å². The van der Waals surface area contributed by atoms with E-state index >= 15 is 0 Å². The van der Waals surface area contributed by atoms with Crippen LogP contribution in [0, 0.1) is 10.1 Å². The van der Waals surface area contributed by atoms with Crippen molar-refractivity contribution in [3.63, 3.8) is 0 Å². The summed E-state index contributed by atoms with van der Waals surface area (Å²) in [7, 11) is 0. The van der Waals surface area contributed by atoms with Crippen LogP contribution in [0.2, 0.25) is 0 Å². The van der Waals surface area contributed by atoms with Gasteiger partial charge in [-0.2, -0.15) is 0 Å². The van der Waals surface area contributed by atoms with Gasteiger partial charge in [0.05, 0.1) is 16.7 Å². The van der Waals surface area contributed by atoms with Crippen LogP contribution >= 0.6 is 0 Å². The fourth-order valence-electron chi connectivity index (χ4n) is 2.15. The Bertz CT molecular complexity index is 669. The maximum Gasteiger partial charge on any atom is 0.305 e. The highest BCUT2D eigenvalue weighted by Gasteiger charge is 2.15. The summed E-state index contributed by atoms with van der Waals surface area (Å²) in [6.07, 6.45) is -0.0225. The number of non-ortho nitro benzene ring substituents is 1. The number of nitrogens with zero attached hydrogens (tertiary/aromatic N) is 1. The number of nitrogens with one attached hydrogen (secondary N) is 1. The Labute approximate surface area is 115 Å². The molecule has 0 aliphatic heterocycles. The van der Waals surface area contributed by atoms with E-state index in [2.05, 4.69) is 5.32 Å². The Kier molecular flexibility index (Phi) is 3.84. The van der Waals surface area contributed by atoms with Crippen LogP contribution in [0.4, 0.5) is 11.4 Å². The van der Waals surface area contributed by atoms with E-state index in [9.17, 15) is 14.9 Å². The molecule has 0 radical (unpaired) electrons. The molecule has 0 saturated heterocycles. The summed E-state index contributed by atoms with van der Waals surface area (Å²) in [6, 6.07) is 9.76. The summed E-state index contributed by atoms with van der Waals surface area (Å²) < 4.78 is 0. The van der Waals surface area contributed by atoms with Crippen LogP contribution < -0.4 is 5.32 Å². The summed E-state index contributed by atoms with van der Waals surface area (Å²) in [4.78, 5) is 21.3. The van der Waals surface area contributed by atoms with Crippen LogP contribution in [0.15, 0.2) is 36.4 Å². The molecule has 0 aliphatic rings. The predicted molar refractivity (Wildman–Crippen MR) is 75.9 cm³/mol. The molecule has 0 heterocycles. The zero-order valence-corrected chi connectivity index (χ0v) is 10.9. The van der Waals surface area contributed by atoms with Gasteiger partial charge in [0.25, 0.3) is 5.69 Å². The van der Waals surface area contributed by atoms with E-state index in [4.69, 9.17) is 5.11 Å². The molecule has 20 heavy (non-hydrogen) atoms. The molecule has 0 saturated carbocycles. The third-order valence-electron chi connectivity index (χ3n) is 2.98. The lowest BCUT2D eigenvalue weighted by molar-refractivity contribution is -0.383. The summed E-state index contributed by atoms with van der Waals surface area (Å²) in [5.74, 6) is -0.892. The predicted octanol–water partition coefficient (Wildman–Crippen LogP) is 3.02. The molecule has 0 amide bonds. The van der Waals surface area contributed by atoms with Crippen molar-refractivity contribution >= 4 is 28.1 Å². The van der Waals surface area contributed by atoms with E-state index < -0.39 is 10.9 Å². The largest absolute Gasteiger partial charge is 0.481 e. The lowest BCUT2D eigenvalue weighted by Gasteiger charge is -2.15. The number of nitro benzene ring substituents is 1. The fourth-order valence-corrected chi connectivity index (χ4v) is 2.15. The number of carbonyl (C=O) groups is 1. The zero-order chi connectivity index (χ0) is 14.7. The van der Waals surface area contributed by atoms with E-state index in [1.807, 2.05) is 0 Å². The Morgan fingerprint density at radius 2 is 1.95 bits per heavy atom. The van der Waals surface area contributed by atoms with Gasteiger partial charge in [0.15, 0.2) is 0 Å². The van der Waals surface area contributed by atoms with Crippen molar-refractivity contribution in [2.75, 3.05) is 5.32 Å². The van der Waals surface area contributed by atoms with Crippen molar-refractivity contribution in [3.8, 4) is 0 Å². The molecular weight excluding hydrogens is 260 g/mol. The van der Waals surface area contributed by atoms with Crippen molar-refractivity contribution < 1.29 is 14.8 Å². The van der Waals surface area contributed by atoms with Crippen molar-refractivity contribution in [1.82, 2.24) is 0 Å². The average molecular weight is 274 g/mol. The van der Waals surface area contributed by atoms with Gasteiger partial charge in [0.2, 0.25) is 0 Å². The first kappa shape index (κ1) is 13.8. The number of aliphatic carboxylic acids is 1. The first-order chi connectivity index (χ1) is 9.49. The van der Waals surface area contributed by atoms with Crippen molar-refractivity contribution in [2.45, 2.75) is 19.4 Å². The summed E-state index contributed by atoms with van der Waals surface area (Å²) in [6.45, 7) is 1.75. The summed E-state index contributed by atoms with van der Waals surface area (Å²) in [5.41, 5.74) is 0.733. The maximum atomic E-state index is 11.0. The number of fused-ring (bicyclic) bond motifs is 1. The van der Waals surface area contributed by atoms with Gasteiger partial charge in [0.1, 0.15) is 0 Å². The van der Waals surface area contributed by atoms with Crippen LogP contribution in [0.1, 0.15) is 13.3 Å². The smallest absolute Gasteiger partial charge is 0.305 e. The normalized spacial score (nSPS) is 12.1. The van der Waals surface area contributed by atoms with Crippen LogP contribution in [0.3, 0.4) is 0 Å². The van der Waals surface area contributed by atoms with Gasteiger partial charge in [-0.25, -0.2) is 0 Å². The molecule has 0 spiro atoms. The number of nitro groups is 1. The number of rotatable bonds is 5. The van der Waals surface area contributed by atoms with E-state index in [0.717, 1.165) is 0 Å². The molecule has 0 aliphatic carbocycles. The van der Waals surface area contributed by atoms with Crippen molar-refractivity contribution in [1.29, 1.82) is 0 Å². The third-order valence-corrected chi connectivity index (χ3v) is 2.98. The van der Waals surface area contributed by atoms with Gasteiger partial charge in [-0.15, -0.1) is 0 Å². The monoisotopic (exact) mass is 274 g/mol. The molecular formula is C14H14N2O4. The van der Waals surface area contributed by atoms with Crippen LogP contribution in [0.5, 0.6) is 0 Å². The quantitative estimate of drug-likeness (QED) is 0.645. The molecule has 6 heteroatoms. The average Bonchev–Trinajstić information content (AvgIpc) is 2.37. The molecule has 0 bridgehead atoms. The molecule has 2 rings (SSSR count).